The fourth-order valence-electron chi connectivity index (χ4n) is 3.47. The number of fused-ring (bicyclic) bond motifs is 5. The fraction of sp³-hybridized carbons (Fsp3) is 0.308. The molecule has 9 nitrogen and oxygen atoms in total. The van der Waals surface area contributed by atoms with Gasteiger partial charge >= 0.3 is 11.9 Å². The lowest BCUT2D eigenvalue weighted by Crippen LogP contribution is -2.06. The molecule has 3 aliphatic rings. The smallest absolute Gasteiger partial charge is 0.330 e. The molecule has 0 amide bonds. The average Bonchev–Trinajstić information content (AvgIpc) is 3.72. The maximum Gasteiger partial charge on any atom is 0.330 e. The average molecular weight is 485 g/mol. The largest absolute Gasteiger partial charge is 0.508 e. The van der Waals surface area contributed by atoms with Gasteiger partial charge in [0.25, 0.3) is 0 Å². The molecule has 2 fully saturated rings. The lowest BCUT2D eigenvalue weighted by atomic mass is 9.89. The van der Waals surface area contributed by atoms with E-state index in [1.54, 1.807) is 18.2 Å². The maximum absolute atomic E-state index is 10.4. The summed E-state index contributed by atoms with van der Waals surface area (Å²) < 4.78 is 17.1. The van der Waals surface area contributed by atoms with Crippen molar-refractivity contribution < 1.29 is 44.2 Å². The summed E-state index contributed by atoms with van der Waals surface area (Å²) in [6, 6.07) is 10.7. The highest BCUT2D eigenvalue weighted by Crippen LogP contribution is 2.54. The Balaban J connectivity index is 0.000000240. The molecule has 3 heterocycles. The number of rotatable bonds is 3. The van der Waals surface area contributed by atoms with Crippen LogP contribution in [0.15, 0.2) is 60.7 Å². The van der Waals surface area contributed by atoms with Crippen molar-refractivity contribution in [3.05, 3.63) is 71.8 Å². The molecule has 0 aromatic heterocycles. The minimum Gasteiger partial charge on any atom is -0.508 e. The van der Waals surface area contributed by atoms with Crippen LogP contribution >= 0.6 is 0 Å². The van der Waals surface area contributed by atoms with Crippen molar-refractivity contribution in [3.63, 3.8) is 0 Å². The van der Waals surface area contributed by atoms with Gasteiger partial charge in [0, 0.05) is 22.3 Å². The van der Waals surface area contributed by atoms with E-state index >= 15 is 0 Å². The first-order valence-corrected chi connectivity index (χ1v) is 10.8. The van der Waals surface area contributed by atoms with Gasteiger partial charge in [-0.2, -0.15) is 0 Å². The molecule has 3 aliphatic heterocycles. The van der Waals surface area contributed by atoms with Crippen molar-refractivity contribution in [2.24, 2.45) is 0 Å². The first kappa shape index (κ1) is 26.0. The van der Waals surface area contributed by atoms with Crippen molar-refractivity contribution in [2.45, 2.75) is 38.3 Å². The van der Waals surface area contributed by atoms with E-state index in [4.69, 9.17) is 24.4 Å². The Bertz CT molecular complexity index is 1090. The van der Waals surface area contributed by atoms with Crippen molar-refractivity contribution >= 4 is 11.9 Å². The van der Waals surface area contributed by atoms with Crippen LogP contribution in [0.25, 0.3) is 11.1 Å². The molecule has 2 aromatic carbocycles. The minimum absolute atomic E-state index is 0.00668. The molecule has 0 aliphatic carbocycles. The third-order valence-corrected chi connectivity index (χ3v) is 5.47. The number of ether oxygens (including phenoxy) is 3. The number of aliphatic carboxylic acids is 2. The second-order valence-electron chi connectivity index (χ2n) is 8.41. The summed E-state index contributed by atoms with van der Waals surface area (Å²) in [5.74, 6) is -1.40. The predicted octanol–water partition coefficient (Wildman–Crippen LogP) is 3.97. The van der Waals surface area contributed by atoms with Crippen molar-refractivity contribution in [2.75, 3.05) is 13.2 Å². The molecule has 2 saturated heterocycles. The Morgan fingerprint density at radius 3 is 1.71 bits per heavy atom. The van der Waals surface area contributed by atoms with Crippen LogP contribution < -0.4 is 0 Å². The van der Waals surface area contributed by atoms with E-state index in [9.17, 15) is 19.8 Å². The molecule has 5 rings (SSSR count). The summed E-state index contributed by atoms with van der Waals surface area (Å²) in [5.41, 5.74) is 4.13. The van der Waals surface area contributed by atoms with Crippen molar-refractivity contribution in [3.8, 4) is 22.6 Å². The monoisotopic (exact) mass is 484 g/mol. The number of carboxylic acids is 2. The second kappa shape index (κ2) is 10.7. The van der Waals surface area contributed by atoms with Gasteiger partial charge in [0.1, 0.15) is 35.9 Å². The minimum atomic E-state index is -0.935. The van der Waals surface area contributed by atoms with Gasteiger partial charge in [-0.3, -0.25) is 0 Å². The zero-order valence-corrected chi connectivity index (χ0v) is 19.4. The van der Waals surface area contributed by atoms with Gasteiger partial charge in [-0.1, -0.05) is 31.4 Å². The number of carboxylic acid groups (broad SMARTS) is 2. The quantitative estimate of drug-likeness (QED) is 0.375. The van der Waals surface area contributed by atoms with Gasteiger partial charge in [-0.05, 0) is 43.2 Å². The van der Waals surface area contributed by atoms with Crippen molar-refractivity contribution in [1.29, 1.82) is 0 Å². The number of aromatic hydroxyl groups is 2. The van der Waals surface area contributed by atoms with Gasteiger partial charge < -0.3 is 34.6 Å². The Labute approximate surface area is 202 Å². The Morgan fingerprint density at radius 2 is 1.26 bits per heavy atom. The first-order chi connectivity index (χ1) is 16.5. The van der Waals surface area contributed by atoms with Crippen LogP contribution in [-0.4, -0.2) is 57.8 Å². The predicted molar refractivity (Wildman–Crippen MR) is 126 cm³/mol. The highest BCUT2D eigenvalue weighted by molar-refractivity contribution is 5.85. The highest BCUT2D eigenvalue weighted by atomic mass is 16.6. The Kier molecular flexibility index (Phi) is 7.96. The SMILES string of the molecule is C=C(C)C(=O)O.C=C(C)C(=O)O.Oc1ccc(-c2ccc(O)c3c2C2OC2COCC2OC32)cc1. The van der Waals surface area contributed by atoms with E-state index in [-0.39, 0.29) is 47.1 Å². The van der Waals surface area contributed by atoms with Gasteiger partial charge in [-0.25, -0.2) is 9.59 Å². The lowest BCUT2D eigenvalue weighted by molar-refractivity contribution is -0.133. The molecule has 4 N–H and O–H groups in total. The lowest BCUT2D eigenvalue weighted by Gasteiger charge is -2.14. The van der Waals surface area contributed by atoms with Crippen LogP contribution in [0.5, 0.6) is 11.5 Å². The van der Waals surface area contributed by atoms with Crippen LogP contribution in [0.2, 0.25) is 0 Å². The second-order valence-corrected chi connectivity index (χ2v) is 8.41. The molecule has 0 radical (unpaired) electrons. The van der Waals surface area contributed by atoms with Gasteiger partial charge in [-0.15, -0.1) is 0 Å². The number of benzene rings is 2. The molecular weight excluding hydrogens is 456 g/mol. The van der Waals surface area contributed by atoms with Crippen LogP contribution in [-0.2, 0) is 23.8 Å². The number of epoxide rings is 2. The molecule has 9 heteroatoms. The summed E-state index contributed by atoms with van der Waals surface area (Å²) in [6.45, 7) is 10.3. The molecule has 2 aromatic rings. The molecule has 4 unspecified atom stereocenters. The zero-order valence-electron chi connectivity index (χ0n) is 19.4. The molecule has 0 saturated carbocycles. The number of hydrogen-bond acceptors (Lipinski definition) is 7. The summed E-state index contributed by atoms with van der Waals surface area (Å²) in [5, 5.41) is 35.7. The molecule has 35 heavy (non-hydrogen) atoms. The summed E-state index contributed by atoms with van der Waals surface area (Å²) >= 11 is 0. The topological polar surface area (TPSA) is 149 Å². The summed E-state index contributed by atoms with van der Waals surface area (Å²) in [4.78, 5) is 19.2. The van der Waals surface area contributed by atoms with E-state index < -0.39 is 11.9 Å². The number of phenolic OH excluding ortho intramolecular Hbond substituents is 2. The molecule has 0 spiro atoms. The van der Waals surface area contributed by atoms with Crippen LogP contribution in [0.3, 0.4) is 0 Å². The molecule has 4 atom stereocenters. The standard InChI is InChI=1S/C18H16O5.2C4H6O2/c19-10-3-1-9(2-4-10)11-5-6-12(20)16-15(11)17-13(22-17)7-21-8-14-18(16)23-14;2*1-3(2)4(5)6/h1-6,13-14,17-20H,7-8H2;2*1H2,2H3,(H,5,6). The number of phenols is 2. The van der Waals surface area contributed by atoms with Crippen molar-refractivity contribution in [1.82, 2.24) is 0 Å². The summed E-state index contributed by atoms with van der Waals surface area (Å²) in [7, 11) is 0. The van der Waals surface area contributed by atoms with Crippen LogP contribution in [0.1, 0.15) is 37.2 Å². The normalized spacial score (nSPS) is 22.9. The maximum atomic E-state index is 10.4. The molecule has 0 bridgehead atoms. The van der Waals surface area contributed by atoms with Gasteiger partial charge in [0.05, 0.1) is 13.2 Å². The number of carbonyl (C=O) groups is 2. The first-order valence-electron chi connectivity index (χ1n) is 10.8. The Morgan fingerprint density at radius 1 is 0.800 bits per heavy atom. The number of hydrogen-bond donors (Lipinski definition) is 4. The third kappa shape index (κ3) is 6.48. The van der Waals surface area contributed by atoms with Gasteiger partial charge in [0.2, 0.25) is 0 Å². The van der Waals surface area contributed by atoms with E-state index in [0.29, 0.717) is 13.2 Å². The molecule has 186 valence electrons. The van der Waals surface area contributed by atoms with Crippen LogP contribution in [0, 0.1) is 0 Å². The van der Waals surface area contributed by atoms with E-state index in [0.717, 1.165) is 22.3 Å². The summed E-state index contributed by atoms with van der Waals surface area (Å²) in [6.07, 6.45) is -0.176. The van der Waals surface area contributed by atoms with Crippen LogP contribution in [0.4, 0.5) is 0 Å². The molecular formula is C26H28O9. The van der Waals surface area contributed by atoms with E-state index in [1.165, 1.54) is 13.8 Å². The third-order valence-electron chi connectivity index (χ3n) is 5.47. The van der Waals surface area contributed by atoms with Gasteiger partial charge in [0.15, 0.2) is 0 Å². The van der Waals surface area contributed by atoms with E-state index in [1.807, 2.05) is 18.2 Å². The fourth-order valence-corrected chi connectivity index (χ4v) is 3.47. The zero-order chi connectivity index (χ0) is 25.9. The Hall–Kier alpha value is -3.66. The highest BCUT2D eigenvalue weighted by Gasteiger charge is 2.51. The van der Waals surface area contributed by atoms with E-state index in [2.05, 4.69) is 13.2 Å².